The fraction of sp³-hybridized carbons (Fsp3) is 0.625. The van der Waals surface area contributed by atoms with Crippen molar-refractivity contribution < 1.29 is 39.9 Å². The lowest BCUT2D eigenvalue weighted by atomic mass is 10.0. The summed E-state index contributed by atoms with van der Waals surface area (Å²) >= 11 is 0. The second kappa shape index (κ2) is 5.54. The molecule has 0 aromatic rings. The molecule has 0 bridgehead atoms. The van der Waals surface area contributed by atoms with Crippen LogP contribution in [0.15, 0.2) is 0 Å². The summed E-state index contributed by atoms with van der Waals surface area (Å²) in [6, 6.07) is 0. The van der Waals surface area contributed by atoms with Crippen molar-refractivity contribution in [2.45, 2.75) is 31.2 Å². The standard InChI is InChI=1S/C8H12O8/c9-4(2-1-3-5(10)11)6(12)8(15,16)7(13)14/h4,9,15-16H,1-3H2,(H,10,11)(H,13,14). The van der Waals surface area contributed by atoms with Gasteiger partial charge in [0.1, 0.15) is 6.10 Å². The predicted octanol–water partition coefficient (Wildman–Crippen LogP) is -2.06. The lowest BCUT2D eigenvalue weighted by Crippen LogP contribution is -2.51. The molecule has 0 saturated heterocycles. The highest BCUT2D eigenvalue weighted by atomic mass is 16.5. The number of carboxylic acids is 2. The number of carboxylic acid groups (broad SMARTS) is 2. The molecule has 0 heterocycles. The molecule has 0 aliphatic carbocycles. The molecule has 8 nitrogen and oxygen atoms in total. The van der Waals surface area contributed by atoms with Crippen LogP contribution < -0.4 is 0 Å². The Morgan fingerprint density at radius 1 is 1.12 bits per heavy atom. The molecule has 0 radical (unpaired) electrons. The molecule has 8 heteroatoms. The van der Waals surface area contributed by atoms with E-state index in [-0.39, 0.29) is 19.3 Å². The van der Waals surface area contributed by atoms with Crippen molar-refractivity contribution in [3.63, 3.8) is 0 Å². The molecule has 1 atom stereocenters. The number of Topliss-reactive ketones (excluding diaryl/α,β-unsaturated/α-hetero) is 1. The van der Waals surface area contributed by atoms with Crippen LogP contribution in [0.25, 0.3) is 0 Å². The summed E-state index contributed by atoms with van der Waals surface area (Å²) in [4.78, 5) is 31.3. The first-order valence-corrected chi connectivity index (χ1v) is 4.32. The lowest BCUT2D eigenvalue weighted by molar-refractivity contribution is -0.208. The number of rotatable bonds is 7. The van der Waals surface area contributed by atoms with Gasteiger partial charge in [0.25, 0.3) is 0 Å². The van der Waals surface area contributed by atoms with E-state index in [1.165, 1.54) is 0 Å². The van der Waals surface area contributed by atoms with Gasteiger partial charge >= 0.3 is 17.7 Å². The Bertz CT molecular complexity index is 294. The molecule has 92 valence electrons. The third-order valence-electron chi connectivity index (χ3n) is 1.81. The Kier molecular flexibility index (Phi) is 5.02. The fourth-order valence-corrected chi connectivity index (χ4v) is 0.915. The SMILES string of the molecule is O=C(O)CCCC(O)C(=O)C(O)(O)C(=O)O. The van der Waals surface area contributed by atoms with E-state index in [9.17, 15) is 14.4 Å². The Balaban J connectivity index is 4.29. The molecule has 5 N–H and O–H groups in total. The largest absolute Gasteiger partial charge is 0.481 e. The highest BCUT2D eigenvalue weighted by molar-refractivity contribution is 6.06. The fourth-order valence-electron chi connectivity index (χ4n) is 0.915. The summed E-state index contributed by atoms with van der Waals surface area (Å²) in [5, 5.41) is 43.1. The van der Waals surface area contributed by atoms with E-state index in [0.29, 0.717) is 0 Å². The van der Waals surface area contributed by atoms with Crippen LogP contribution in [0.1, 0.15) is 19.3 Å². The van der Waals surface area contributed by atoms with E-state index < -0.39 is 29.6 Å². The van der Waals surface area contributed by atoms with Crippen LogP contribution in [0.2, 0.25) is 0 Å². The minimum absolute atomic E-state index is 0.0854. The Morgan fingerprint density at radius 2 is 1.62 bits per heavy atom. The topological polar surface area (TPSA) is 152 Å². The van der Waals surface area contributed by atoms with Crippen LogP contribution in [-0.2, 0) is 14.4 Å². The molecule has 0 aliphatic rings. The van der Waals surface area contributed by atoms with Gasteiger partial charge in [-0.3, -0.25) is 9.59 Å². The molecular formula is C8H12O8. The maximum Gasteiger partial charge on any atom is 0.372 e. The minimum Gasteiger partial charge on any atom is -0.481 e. The molecular weight excluding hydrogens is 224 g/mol. The maximum absolute atomic E-state index is 11.0. The summed E-state index contributed by atoms with van der Waals surface area (Å²) in [7, 11) is 0. The van der Waals surface area contributed by atoms with E-state index in [2.05, 4.69) is 0 Å². The van der Waals surface area contributed by atoms with Crippen molar-refractivity contribution in [3.05, 3.63) is 0 Å². The van der Waals surface area contributed by atoms with Gasteiger partial charge in [0, 0.05) is 6.42 Å². The van der Waals surface area contributed by atoms with Crippen LogP contribution in [0.5, 0.6) is 0 Å². The zero-order valence-corrected chi connectivity index (χ0v) is 8.16. The predicted molar refractivity (Wildman–Crippen MR) is 47.3 cm³/mol. The molecule has 0 spiro atoms. The minimum atomic E-state index is -3.65. The molecule has 0 saturated carbocycles. The van der Waals surface area contributed by atoms with E-state index in [1.807, 2.05) is 0 Å². The summed E-state index contributed by atoms with van der Waals surface area (Å²) in [6.45, 7) is 0. The van der Waals surface area contributed by atoms with Gasteiger partial charge in [-0.05, 0) is 12.8 Å². The summed E-state index contributed by atoms with van der Waals surface area (Å²) in [6.07, 6.45) is -2.69. The van der Waals surface area contributed by atoms with Gasteiger partial charge in [-0.15, -0.1) is 0 Å². The average Bonchev–Trinajstić information content (AvgIpc) is 2.15. The maximum atomic E-state index is 11.0. The van der Waals surface area contributed by atoms with Gasteiger partial charge in [0.2, 0.25) is 5.78 Å². The van der Waals surface area contributed by atoms with Crippen LogP contribution in [-0.4, -0.2) is 55.1 Å². The summed E-state index contributed by atoms with van der Waals surface area (Å²) in [5.41, 5.74) is 0. The highest BCUT2D eigenvalue weighted by Gasteiger charge is 2.45. The third kappa shape index (κ3) is 3.93. The molecule has 0 aromatic heterocycles. The Morgan fingerprint density at radius 3 is 2.00 bits per heavy atom. The molecule has 0 amide bonds. The molecule has 0 aliphatic heterocycles. The quantitative estimate of drug-likeness (QED) is 0.250. The lowest BCUT2D eigenvalue weighted by Gasteiger charge is -2.18. The van der Waals surface area contributed by atoms with Crippen molar-refractivity contribution in [1.29, 1.82) is 0 Å². The first-order valence-electron chi connectivity index (χ1n) is 4.32. The number of hydrogen-bond acceptors (Lipinski definition) is 6. The Labute approximate surface area is 89.7 Å². The summed E-state index contributed by atoms with van der Waals surface area (Å²) in [5.74, 6) is -8.68. The van der Waals surface area contributed by atoms with E-state index in [0.717, 1.165) is 0 Å². The summed E-state index contributed by atoms with van der Waals surface area (Å²) < 4.78 is 0. The van der Waals surface area contributed by atoms with Crippen molar-refractivity contribution in [2.75, 3.05) is 0 Å². The second-order valence-electron chi connectivity index (χ2n) is 3.14. The van der Waals surface area contributed by atoms with E-state index >= 15 is 0 Å². The van der Waals surface area contributed by atoms with Crippen LogP contribution in [0, 0.1) is 0 Å². The van der Waals surface area contributed by atoms with Crippen molar-refractivity contribution in [3.8, 4) is 0 Å². The number of aliphatic carboxylic acids is 2. The number of carbonyl (C=O) groups is 3. The van der Waals surface area contributed by atoms with E-state index in [4.69, 9.17) is 25.5 Å². The average molecular weight is 236 g/mol. The van der Waals surface area contributed by atoms with Crippen LogP contribution >= 0.6 is 0 Å². The first kappa shape index (κ1) is 14.5. The van der Waals surface area contributed by atoms with Crippen molar-refractivity contribution >= 4 is 17.7 Å². The number of carbonyl (C=O) groups excluding carboxylic acids is 1. The number of hydrogen-bond donors (Lipinski definition) is 5. The first-order chi connectivity index (χ1) is 7.19. The van der Waals surface area contributed by atoms with Crippen molar-refractivity contribution in [1.82, 2.24) is 0 Å². The van der Waals surface area contributed by atoms with Crippen LogP contribution in [0.4, 0.5) is 0 Å². The molecule has 0 rings (SSSR count). The highest BCUT2D eigenvalue weighted by Crippen LogP contribution is 2.10. The molecule has 0 fully saturated rings. The van der Waals surface area contributed by atoms with E-state index in [1.54, 1.807) is 0 Å². The van der Waals surface area contributed by atoms with Gasteiger partial charge in [-0.2, -0.15) is 0 Å². The van der Waals surface area contributed by atoms with Crippen molar-refractivity contribution in [2.24, 2.45) is 0 Å². The molecule has 1 unspecified atom stereocenters. The zero-order chi connectivity index (χ0) is 12.9. The molecule has 16 heavy (non-hydrogen) atoms. The monoisotopic (exact) mass is 236 g/mol. The number of aliphatic hydroxyl groups excluding tert-OH is 1. The third-order valence-corrected chi connectivity index (χ3v) is 1.81. The van der Waals surface area contributed by atoms with Gasteiger partial charge in [-0.25, -0.2) is 4.79 Å². The van der Waals surface area contributed by atoms with Gasteiger partial charge in [0.05, 0.1) is 0 Å². The molecule has 0 aromatic carbocycles. The Hall–Kier alpha value is -1.51. The zero-order valence-electron chi connectivity index (χ0n) is 8.16. The van der Waals surface area contributed by atoms with Gasteiger partial charge in [-0.1, -0.05) is 0 Å². The van der Waals surface area contributed by atoms with Gasteiger partial charge in [0.15, 0.2) is 0 Å². The van der Waals surface area contributed by atoms with Gasteiger partial charge < -0.3 is 25.5 Å². The number of aliphatic hydroxyl groups is 3. The smallest absolute Gasteiger partial charge is 0.372 e. The van der Waals surface area contributed by atoms with Crippen LogP contribution in [0.3, 0.4) is 0 Å². The second-order valence-corrected chi connectivity index (χ2v) is 3.14. The normalized spacial score (nSPS) is 13.2. The number of ketones is 1.